The molecule has 0 radical (unpaired) electrons. The van der Waals surface area contributed by atoms with Crippen LogP contribution in [0.4, 0.5) is 0 Å². The molecule has 0 aromatic carbocycles. The number of nitrogens with zero attached hydrogens (tertiary/aromatic N) is 1. The first-order valence-electron chi connectivity index (χ1n) is 6.89. The monoisotopic (exact) mass is 247 g/mol. The summed E-state index contributed by atoms with van der Waals surface area (Å²) in [7, 11) is 0. The minimum Gasteiger partial charge on any atom is -0.352 e. The molecule has 1 heterocycles. The van der Waals surface area contributed by atoms with Crippen LogP contribution in [0.25, 0.3) is 0 Å². The van der Waals surface area contributed by atoms with Crippen molar-refractivity contribution >= 4 is 5.91 Å². The first-order valence-corrected chi connectivity index (χ1v) is 6.89. The number of carbonyl (C=O) groups excluding carboxylic acids is 1. The number of fused-ring (bicyclic) bond motifs is 1. The summed E-state index contributed by atoms with van der Waals surface area (Å²) in [6.07, 6.45) is 5.51. The summed E-state index contributed by atoms with van der Waals surface area (Å²) >= 11 is 0. The Labute approximate surface area is 108 Å². The van der Waals surface area contributed by atoms with Crippen molar-refractivity contribution in [3.63, 3.8) is 0 Å². The van der Waals surface area contributed by atoms with Crippen LogP contribution in [-0.2, 0) is 17.8 Å². The fraction of sp³-hybridized carbons (Fsp3) is 0.643. The van der Waals surface area contributed by atoms with E-state index in [-0.39, 0.29) is 11.9 Å². The highest BCUT2D eigenvalue weighted by molar-refractivity contribution is 5.76. The molecule has 98 valence electrons. The van der Waals surface area contributed by atoms with Crippen molar-refractivity contribution in [2.45, 2.75) is 57.7 Å². The third-order valence-corrected chi connectivity index (χ3v) is 4.02. The number of aromatic nitrogens is 1. The second-order valence-corrected chi connectivity index (χ2v) is 5.61. The first kappa shape index (κ1) is 11.8. The molecule has 1 amide bonds. The highest BCUT2D eigenvalue weighted by Gasteiger charge is 2.26. The highest BCUT2D eigenvalue weighted by atomic mass is 16.2. The standard InChI is InChI=1S/C14H21N3O/c1-9-7-11-12(15)3-2-4-13(11)17(9)8-14(18)16-10-5-6-10/h7,10,12H,2-6,8,15H2,1H3,(H,16,18). The van der Waals surface area contributed by atoms with Crippen LogP contribution in [0, 0.1) is 6.92 Å². The topological polar surface area (TPSA) is 60.0 Å². The van der Waals surface area contributed by atoms with Gasteiger partial charge in [-0.25, -0.2) is 0 Å². The Morgan fingerprint density at radius 3 is 3.00 bits per heavy atom. The number of carbonyl (C=O) groups is 1. The predicted molar refractivity (Wildman–Crippen MR) is 70.2 cm³/mol. The van der Waals surface area contributed by atoms with Crippen LogP contribution < -0.4 is 11.1 Å². The van der Waals surface area contributed by atoms with Gasteiger partial charge in [0.2, 0.25) is 5.91 Å². The molecule has 3 N–H and O–H groups in total. The van der Waals surface area contributed by atoms with Crippen LogP contribution in [0.1, 0.15) is 48.7 Å². The third-order valence-electron chi connectivity index (χ3n) is 4.02. The summed E-state index contributed by atoms with van der Waals surface area (Å²) in [6.45, 7) is 2.51. The van der Waals surface area contributed by atoms with Crippen molar-refractivity contribution in [3.8, 4) is 0 Å². The number of hydrogen-bond donors (Lipinski definition) is 2. The number of amides is 1. The van der Waals surface area contributed by atoms with Gasteiger partial charge in [-0.1, -0.05) is 0 Å². The lowest BCUT2D eigenvalue weighted by Crippen LogP contribution is -2.30. The molecule has 18 heavy (non-hydrogen) atoms. The average molecular weight is 247 g/mol. The molecule has 2 aliphatic carbocycles. The van der Waals surface area contributed by atoms with Crippen LogP contribution >= 0.6 is 0 Å². The zero-order valence-electron chi connectivity index (χ0n) is 10.9. The van der Waals surface area contributed by atoms with Gasteiger partial charge in [-0.05, 0) is 50.7 Å². The number of nitrogens with two attached hydrogens (primary N) is 1. The van der Waals surface area contributed by atoms with Gasteiger partial charge < -0.3 is 15.6 Å². The second-order valence-electron chi connectivity index (χ2n) is 5.61. The Morgan fingerprint density at radius 1 is 1.50 bits per heavy atom. The maximum Gasteiger partial charge on any atom is 0.240 e. The van der Waals surface area contributed by atoms with Crippen molar-refractivity contribution in [2.24, 2.45) is 5.73 Å². The molecule has 4 nitrogen and oxygen atoms in total. The molecule has 1 aromatic heterocycles. The smallest absolute Gasteiger partial charge is 0.240 e. The molecule has 1 aromatic rings. The molecule has 4 heteroatoms. The molecule has 1 fully saturated rings. The van der Waals surface area contributed by atoms with E-state index in [1.165, 1.54) is 11.3 Å². The van der Waals surface area contributed by atoms with E-state index in [2.05, 4.69) is 22.9 Å². The molecule has 2 aliphatic rings. The van der Waals surface area contributed by atoms with Gasteiger partial charge >= 0.3 is 0 Å². The summed E-state index contributed by atoms with van der Waals surface area (Å²) in [4.78, 5) is 11.9. The molecular weight excluding hydrogens is 226 g/mol. The van der Waals surface area contributed by atoms with Crippen molar-refractivity contribution < 1.29 is 4.79 Å². The van der Waals surface area contributed by atoms with Crippen molar-refractivity contribution in [2.75, 3.05) is 0 Å². The molecule has 3 rings (SSSR count). The van der Waals surface area contributed by atoms with E-state index in [1.807, 2.05) is 0 Å². The van der Waals surface area contributed by atoms with Crippen LogP contribution in [0.15, 0.2) is 6.07 Å². The van der Waals surface area contributed by atoms with E-state index in [9.17, 15) is 4.79 Å². The fourth-order valence-electron chi connectivity index (χ4n) is 2.86. The van der Waals surface area contributed by atoms with Crippen LogP contribution in [0.2, 0.25) is 0 Å². The van der Waals surface area contributed by atoms with E-state index in [1.54, 1.807) is 0 Å². The van der Waals surface area contributed by atoms with Gasteiger partial charge in [0, 0.05) is 23.5 Å². The Hall–Kier alpha value is -1.29. The Kier molecular flexibility index (Phi) is 2.90. The van der Waals surface area contributed by atoms with Crippen LogP contribution in [-0.4, -0.2) is 16.5 Å². The van der Waals surface area contributed by atoms with Gasteiger partial charge in [-0.3, -0.25) is 4.79 Å². The lowest BCUT2D eigenvalue weighted by atomic mass is 9.93. The number of aryl methyl sites for hydroxylation is 1. The van der Waals surface area contributed by atoms with Gasteiger partial charge in [0.25, 0.3) is 0 Å². The first-order chi connectivity index (χ1) is 8.65. The summed E-state index contributed by atoms with van der Waals surface area (Å²) in [5.74, 6) is 0.137. The predicted octanol–water partition coefficient (Wildman–Crippen LogP) is 1.41. The summed E-state index contributed by atoms with van der Waals surface area (Å²) in [6, 6.07) is 2.75. The van der Waals surface area contributed by atoms with E-state index >= 15 is 0 Å². The molecule has 0 aliphatic heterocycles. The fourth-order valence-corrected chi connectivity index (χ4v) is 2.86. The molecule has 1 atom stereocenters. The van der Waals surface area contributed by atoms with E-state index in [0.29, 0.717) is 12.6 Å². The van der Waals surface area contributed by atoms with Crippen molar-refractivity contribution in [3.05, 3.63) is 23.0 Å². The van der Waals surface area contributed by atoms with Crippen LogP contribution in [0.5, 0.6) is 0 Å². The zero-order chi connectivity index (χ0) is 12.7. The molecule has 1 unspecified atom stereocenters. The molecule has 0 spiro atoms. The van der Waals surface area contributed by atoms with Gasteiger partial charge in [0.05, 0.1) is 0 Å². The van der Waals surface area contributed by atoms with Gasteiger partial charge in [0.1, 0.15) is 6.54 Å². The minimum absolute atomic E-state index is 0.137. The summed E-state index contributed by atoms with van der Waals surface area (Å²) in [5, 5.41) is 3.05. The zero-order valence-corrected chi connectivity index (χ0v) is 10.9. The Morgan fingerprint density at radius 2 is 2.28 bits per heavy atom. The average Bonchev–Trinajstić information content (AvgIpc) is 3.07. The Balaban J connectivity index is 1.80. The lowest BCUT2D eigenvalue weighted by molar-refractivity contribution is -0.121. The SMILES string of the molecule is Cc1cc2c(n1CC(=O)NC1CC1)CCCC2N. The summed E-state index contributed by atoms with van der Waals surface area (Å²) < 4.78 is 2.14. The van der Waals surface area contributed by atoms with Gasteiger partial charge in [0.15, 0.2) is 0 Å². The van der Waals surface area contributed by atoms with E-state index in [0.717, 1.165) is 37.8 Å². The summed E-state index contributed by atoms with van der Waals surface area (Å²) in [5.41, 5.74) is 9.82. The second kappa shape index (κ2) is 4.43. The normalized spacial score (nSPS) is 22.7. The maximum absolute atomic E-state index is 11.9. The minimum atomic E-state index is 0.137. The van der Waals surface area contributed by atoms with Crippen LogP contribution in [0.3, 0.4) is 0 Å². The largest absolute Gasteiger partial charge is 0.352 e. The lowest BCUT2D eigenvalue weighted by Gasteiger charge is -2.21. The Bertz CT molecular complexity index is 474. The molecule has 1 saturated carbocycles. The van der Waals surface area contributed by atoms with E-state index < -0.39 is 0 Å². The molecular formula is C14H21N3O. The number of nitrogens with one attached hydrogen (secondary N) is 1. The molecule has 0 saturated heterocycles. The van der Waals surface area contributed by atoms with E-state index in [4.69, 9.17) is 5.73 Å². The highest BCUT2D eigenvalue weighted by Crippen LogP contribution is 2.30. The van der Waals surface area contributed by atoms with Gasteiger partial charge in [-0.2, -0.15) is 0 Å². The van der Waals surface area contributed by atoms with Crippen molar-refractivity contribution in [1.29, 1.82) is 0 Å². The van der Waals surface area contributed by atoms with Gasteiger partial charge in [-0.15, -0.1) is 0 Å². The van der Waals surface area contributed by atoms with Crippen molar-refractivity contribution in [1.82, 2.24) is 9.88 Å². The maximum atomic E-state index is 11.9. The number of rotatable bonds is 3. The third kappa shape index (κ3) is 2.17. The quantitative estimate of drug-likeness (QED) is 0.848. The molecule has 0 bridgehead atoms. The number of hydrogen-bond acceptors (Lipinski definition) is 2.